The first-order chi connectivity index (χ1) is 7.65. The average Bonchev–Trinajstić information content (AvgIpc) is 2.83. The molecule has 2 heterocycles. The quantitative estimate of drug-likeness (QED) is 0.770. The van der Waals surface area contributed by atoms with Gasteiger partial charge < -0.3 is 15.1 Å². The van der Waals surface area contributed by atoms with E-state index in [9.17, 15) is 0 Å². The average molecular weight is 225 g/mol. The van der Waals surface area contributed by atoms with E-state index in [1.54, 1.807) is 0 Å². The zero-order valence-corrected chi connectivity index (χ0v) is 11.1. The second-order valence-corrected chi connectivity index (χ2v) is 5.90. The molecular formula is C13H27N3. The van der Waals surface area contributed by atoms with Crippen molar-refractivity contribution in [3.63, 3.8) is 0 Å². The molecule has 0 aromatic carbocycles. The summed E-state index contributed by atoms with van der Waals surface area (Å²) >= 11 is 0. The predicted octanol–water partition coefficient (Wildman–Crippen LogP) is 1.01. The van der Waals surface area contributed by atoms with Crippen molar-refractivity contribution >= 4 is 0 Å². The van der Waals surface area contributed by atoms with Gasteiger partial charge in [0.05, 0.1) is 0 Å². The van der Waals surface area contributed by atoms with Crippen molar-refractivity contribution < 1.29 is 0 Å². The van der Waals surface area contributed by atoms with Gasteiger partial charge in [-0.25, -0.2) is 0 Å². The molecule has 0 aromatic heterocycles. The molecule has 2 aliphatic heterocycles. The molecule has 94 valence electrons. The van der Waals surface area contributed by atoms with Gasteiger partial charge in [-0.2, -0.15) is 0 Å². The van der Waals surface area contributed by atoms with E-state index in [0.717, 1.165) is 18.0 Å². The minimum absolute atomic E-state index is 0.725. The molecule has 0 amide bonds. The molecule has 0 bridgehead atoms. The maximum atomic E-state index is 3.75. The van der Waals surface area contributed by atoms with Gasteiger partial charge in [0.25, 0.3) is 0 Å². The van der Waals surface area contributed by atoms with Crippen molar-refractivity contribution in [3.05, 3.63) is 0 Å². The first-order valence-electron chi connectivity index (χ1n) is 6.81. The summed E-state index contributed by atoms with van der Waals surface area (Å²) in [6.07, 6.45) is 2.71. The molecule has 0 radical (unpaired) electrons. The predicted molar refractivity (Wildman–Crippen MR) is 68.7 cm³/mol. The van der Waals surface area contributed by atoms with E-state index in [-0.39, 0.29) is 0 Å². The third-order valence-electron chi connectivity index (χ3n) is 4.13. The number of likely N-dealkylation sites (tertiary alicyclic amines) is 2. The number of hydrogen-bond acceptors (Lipinski definition) is 3. The van der Waals surface area contributed by atoms with E-state index in [4.69, 9.17) is 0 Å². The summed E-state index contributed by atoms with van der Waals surface area (Å²) in [6, 6.07) is 1.47. The van der Waals surface area contributed by atoms with Gasteiger partial charge in [-0.05, 0) is 59.3 Å². The van der Waals surface area contributed by atoms with Crippen molar-refractivity contribution in [1.29, 1.82) is 0 Å². The lowest BCUT2D eigenvalue weighted by Crippen LogP contribution is -2.36. The van der Waals surface area contributed by atoms with Crippen LogP contribution in [0.4, 0.5) is 0 Å². The Balaban J connectivity index is 1.64. The monoisotopic (exact) mass is 225 g/mol. The van der Waals surface area contributed by atoms with Crippen LogP contribution < -0.4 is 5.32 Å². The second kappa shape index (κ2) is 5.48. The fourth-order valence-corrected chi connectivity index (χ4v) is 2.93. The number of nitrogens with zero attached hydrogens (tertiary/aromatic N) is 2. The molecule has 0 spiro atoms. The molecule has 0 aromatic rings. The fourth-order valence-electron chi connectivity index (χ4n) is 2.93. The van der Waals surface area contributed by atoms with Crippen molar-refractivity contribution in [1.82, 2.24) is 15.1 Å². The van der Waals surface area contributed by atoms with E-state index in [2.05, 4.69) is 36.0 Å². The van der Waals surface area contributed by atoms with E-state index in [0.29, 0.717) is 0 Å². The Morgan fingerprint density at radius 2 is 2.00 bits per heavy atom. The highest BCUT2D eigenvalue weighted by Gasteiger charge is 2.25. The molecule has 0 saturated carbocycles. The van der Waals surface area contributed by atoms with Crippen LogP contribution in [0.15, 0.2) is 0 Å². The lowest BCUT2D eigenvalue weighted by molar-refractivity contribution is 0.262. The molecule has 1 N–H and O–H groups in total. The molecule has 2 unspecified atom stereocenters. The highest BCUT2D eigenvalue weighted by atomic mass is 15.2. The summed E-state index contributed by atoms with van der Waals surface area (Å²) in [6.45, 7) is 10.9. The topological polar surface area (TPSA) is 18.5 Å². The summed E-state index contributed by atoms with van der Waals surface area (Å²) in [7, 11) is 2.22. The van der Waals surface area contributed by atoms with Gasteiger partial charge in [0.15, 0.2) is 0 Å². The van der Waals surface area contributed by atoms with Gasteiger partial charge in [-0.1, -0.05) is 0 Å². The van der Waals surface area contributed by atoms with E-state index < -0.39 is 0 Å². The minimum atomic E-state index is 0.725. The molecule has 3 nitrogen and oxygen atoms in total. The number of nitrogens with one attached hydrogen (secondary N) is 1. The highest BCUT2D eigenvalue weighted by Crippen LogP contribution is 2.18. The second-order valence-electron chi connectivity index (χ2n) is 5.90. The van der Waals surface area contributed by atoms with Crippen LogP contribution in [0.3, 0.4) is 0 Å². The molecule has 3 heteroatoms. The van der Waals surface area contributed by atoms with Crippen LogP contribution >= 0.6 is 0 Å². The standard InChI is InChI=1S/C13H27N3/c1-11(2)16-7-4-12(9-16)8-14-13-5-6-15(3)10-13/h11-14H,4-10H2,1-3H3. The third-order valence-corrected chi connectivity index (χ3v) is 4.13. The molecule has 2 atom stereocenters. The SMILES string of the molecule is CC(C)N1CCC(CNC2CCN(C)C2)C1. The van der Waals surface area contributed by atoms with Crippen LogP contribution in [0.2, 0.25) is 0 Å². The molecule has 16 heavy (non-hydrogen) atoms. The number of hydrogen-bond donors (Lipinski definition) is 1. The number of rotatable bonds is 4. The van der Waals surface area contributed by atoms with E-state index in [1.807, 2.05) is 0 Å². The maximum absolute atomic E-state index is 3.75. The first kappa shape index (κ1) is 12.3. The Bertz CT molecular complexity index is 217. The van der Waals surface area contributed by atoms with Crippen molar-refractivity contribution in [2.24, 2.45) is 5.92 Å². The summed E-state index contributed by atoms with van der Waals surface area (Å²) in [5.41, 5.74) is 0. The van der Waals surface area contributed by atoms with Gasteiger partial charge in [-0.3, -0.25) is 0 Å². The Kier molecular flexibility index (Phi) is 4.22. The molecule has 0 aliphatic carbocycles. The maximum Gasteiger partial charge on any atom is 0.0207 e. The van der Waals surface area contributed by atoms with Crippen molar-refractivity contribution in [3.8, 4) is 0 Å². The summed E-state index contributed by atoms with van der Waals surface area (Å²) in [5.74, 6) is 0.883. The van der Waals surface area contributed by atoms with Crippen molar-refractivity contribution in [2.75, 3.05) is 39.8 Å². The molecule has 2 fully saturated rings. The molecule has 2 rings (SSSR count). The zero-order valence-electron chi connectivity index (χ0n) is 11.1. The first-order valence-corrected chi connectivity index (χ1v) is 6.81. The van der Waals surface area contributed by atoms with E-state index >= 15 is 0 Å². The van der Waals surface area contributed by atoms with Crippen LogP contribution in [0.5, 0.6) is 0 Å². The van der Waals surface area contributed by atoms with Crippen LogP contribution in [0, 0.1) is 5.92 Å². The van der Waals surface area contributed by atoms with Crippen LogP contribution in [0.1, 0.15) is 26.7 Å². The van der Waals surface area contributed by atoms with Gasteiger partial charge in [-0.15, -0.1) is 0 Å². The van der Waals surface area contributed by atoms with Gasteiger partial charge >= 0.3 is 0 Å². The smallest absolute Gasteiger partial charge is 0.0207 e. The summed E-state index contributed by atoms with van der Waals surface area (Å²) < 4.78 is 0. The Morgan fingerprint density at radius 3 is 2.56 bits per heavy atom. The van der Waals surface area contributed by atoms with E-state index in [1.165, 1.54) is 45.6 Å². The van der Waals surface area contributed by atoms with Crippen molar-refractivity contribution in [2.45, 2.75) is 38.8 Å². The number of likely N-dealkylation sites (N-methyl/N-ethyl adjacent to an activating group) is 1. The van der Waals surface area contributed by atoms with Gasteiger partial charge in [0, 0.05) is 25.2 Å². The lowest BCUT2D eigenvalue weighted by atomic mass is 10.1. The van der Waals surface area contributed by atoms with Crippen LogP contribution in [0.25, 0.3) is 0 Å². The zero-order chi connectivity index (χ0) is 11.5. The normalized spacial score (nSPS) is 33.0. The Hall–Kier alpha value is -0.120. The minimum Gasteiger partial charge on any atom is -0.312 e. The third kappa shape index (κ3) is 3.19. The Labute approximate surface area is 100 Å². The summed E-state index contributed by atoms with van der Waals surface area (Å²) in [4.78, 5) is 5.03. The Morgan fingerprint density at radius 1 is 1.19 bits per heavy atom. The molecule has 2 aliphatic rings. The largest absolute Gasteiger partial charge is 0.312 e. The molecule has 2 saturated heterocycles. The highest BCUT2D eigenvalue weighted by molar-refractivity contribution is 4.83. The fraction of sp³-hybridized carbons (Fsp3) is 1.00. The summed E-state index contributed by atoms with van der Waals surface area (Å²) in [5, 5.41) is 3.75. The van der Waals surface area contributed by atoms with Gasteiger partial charge in [0.1, 0.15) is 0 Å². The van der Waals surface area contributed by atoms with Crippen LogP contribution in [-0.4, -0.2) is 61.7 Å². The molecular weight excluding hydrogens is 198 g/mol. The lowest BCUT2D eigenvalue weighted by Gasteiger charge is -2.21. The van der Waals surface area contributed by atoms with Crippen LogP contribution in [-0.2, 0) is 0 Å². The van der Waals surface area contributed by atoms with Gasteiger partial charge in [0.2, 0.25) is 0 Å².